The summed E-state index contributed by atoms with van der Waals surface area (Å²) in [6, 6.07) is 7.55. The van der Waals surface area contributed by atoms with E-state index in [0.717, 1.165) is 0 Å². The summed E-state index contributed by atoms with van der Waals surface area (Å²) in [6.07, 6.45) is 2.51. The molecule has 1 aliphatic rings. The van der Waals surface area contributed by atoms with Gasteiger partial charge in [-0.05, 0) is 57.0 Å². The Labute approximate surface area is 98.7 Å². The third-order valence-corrected chi connectivity index (χ3v) is 3.47. The SMILES string of the molecule is CNC1CCN(c2cc(C)cc(C)c2)CC1. The van der Waals surface area contributed by atoms with Gasteiger partial charge in [-0.1, -0.05) is 6.07 Å². The molecule has 0 aromatic heterocycles. The summed E-state index contributed by atoms with van der Waals surface area (Å²) in [4.78, 5) is 2.51. The fraction of sp³-hybridized carbons (Fsp3) is 0.571. The highest BCUT2D eigenvalue weighted by Gasteiger charge is 2.17. The molecule has 88 valence electrons. The molecule has 0 spiro atoms. The zero-order valence-corrected chi connectivity index (χ0v) is 10.6. The molecule has 0 unspecified atom stereocenters. The summed E-state index contributed by atoms with van der Waals surface area (Å²) >= 11 is 0. The van der Waals surface area contributed by atoms with Gasteiger partial charge in [0.2, 0.25) is 0 Å². The van der Waals surface area contributed by atoms with E-state index in [-0.39, 0.29) is 0 Å². The molecule has 0 atom stereocenters. The molecule has 0 amide bonds. The van der Waals surface area contributed by atoms with E-state index in [1.807, 2.05) is 0 Å². The van der Waals surface area contributed by atoms with Crippen molar-refractivity contribution in [2.45, 2.75) is 32.7 Å². The quantitative estimate of drug-likeness (QED) is 0.820. The summed E-state index contributed by atoms with van der Waals surface area (Å²) in [5, 5.41) is 3.37. The van der Waals surface area contributed by atoms with Crippen LogP contribution in [0.4, 0.5) is 5.69 Å². The second-order valence-electron chi connectivity index (χ2n) is 4.90. The Morgan fingerprint density at radius 1 is 1.06 bits per heavy atom. The molecule has 0 aliphatic carbocycles. The van der Waals surface area contributed by atoms with Gasteiger partial charge in [-0.2, -0.15) is 0 Å². The Bertz CT molecular complexity index is 332. The molecule has 2 heteroatoms. The summed E-state index contributed by atoms with van der Waals surface area (Å²) in [5.41, 5.74) is 4.13. The van der Waals surface area contributed by atoms with Crippen molar-refractivity contribution < 1.29 is 0 Å². The lowest BCUT2D eigenvalue weighted by atomic mass is 10.0. The van der Waals surface area contributed by atoms with Crippen LogP contribution in [0, 0.1) is 13.8 Å². The predicted octanol–water partition coefficient (Wildman–Crippen LogP) is 2.49. The van der Waals surface area contributed by atoms with E-state index in [9.17, 15) is 0 Å². The van der Waals surface area contributed by atoms with Crippen molar-refractivity contribution in [2.75, 3.05) is 25.0 Å². The number of nitrogens with one attached hydrogen (secondary N) is 1. The van der Waals surface area contributed by atoms with Crippen molar-refractivity contribution in [2.24, 2.45) is 0 Å². The van der Waals surface area contributed by atoms with Gasteiger partial charge in [-0.25, -0.2) is 0 Å². The van der Waals surface area contributed by atoms with Crippen molar-refractivity contribution in [1.29, 1.82) is 0 Å². The topological polar surface area (TPSA) is 15.3 Å². The van der Waals surface area contributed by atoms with E-state index in [4.69, 9.17) is 0 Å². The highest BCUT2D eigenvalue weighted by atomic mass is 15.1. The number of aryl methyl sites for hydroxylation is 2. The number of benzene rings is 1. The van der Waals surface area contributed by atoms with Crippen LogP contribution in [0.3, 0.4) is 0 Å². The first-order valence-electron chi connectivity index (χ1n) is 6.19. The lowest BCUT2D eigenvalue weighted by Crippen LogP contribution is -2.41. The molecular weight excluding hydrogens is 196 g/mol. The van der Waals surface area contributed by atoms with Gasteiger partial charge < -0.3 is 10.2 Å². The second kappa shape index (κ2) is 4.88. The zero-order valence-electron chi connectivity index (χ0n) is 10.6. The van der Waals surface area contributed by atoms with Crippen LogP contribution < -0.4 is 10.2 Å². The molecule has 16 heavy (non-hydrogen) atoms. The monoisotopic (exact) mass is 218 g/mol. The molecule has 1 aromatic rings. The van der Waals surface area contributed by atoms with Crippen molar-refractivity contribution in [3.05, 3.63) is 29.3 Å². The standard InChI is InChI=1S/C14H22N2/c1-11-8-12(2)10-14(9-11)16-6-4-13(15-3)5-7-16/h8-10,13,15H,4-7H2,1-3H3. The van der Waals surface area contributed by atoms with Gasteiger partial charge in [0.25, 0.3) is 0 Å². The van der Waals surface area contributed by atoms with Gasteiger partial charge in [0, 0.05) is 24.8 Å². The number of anilines is 1. The van der Waals surface area contributed by atoms with E-state index < -0.39 is 0 Å². The van der Waals surface area contributed by atoms with Crippen LogP contribution in [0.25, 0.3) is 0 Å². The fourth-order valence-electron chi connectivity index (χ4n) is 2.56. The van der Waals surface area contributed by atoms with Crippen LogP contribution in [0.15, 0.2) is 18.2 Å². The van der Waals surface area contributed by atoms with Crippen LogP contribution in [-0.2, 0) is 0 Å². The molecule has 0 radical (unpaired) electrons. The summed E-state index contributed by atoms with van der Waals surface area (Å²) < 4.78 is 0. The summed E-state index contributed by atoms with van der Waals surface area (Å²) in [6.45, 7) is 6.70. The van der Waals surface area contributed by atoms with E-state index in [2.05, 4.69) is 49.3 Å². The Morgan fingerprint density at radius 3 is 2.12 bits per heavy atom. The van der Waals surface area contributed by atoms with Gasteiger partial charge in [0.05, 0.1) is 0 Å². The number of piperidine rings is 1. The number of rotatable bonds is 2. The lowest BCUT2D eigenvalue weighted by molar-refractivity contribution is 0.442. The fourth-order valence-corrected chi connectivity index (χ4v) is 2.56. The largest absolute Gasteiger partial charge is 0.371 e. The Morgan fingerprint density at radius 2 is 1.62 bits per heavy atom. The van der Waals surface area contributed by atoms with E-state index in [1.54, 1.807) is 0 Å². The number of nitrogens with zero attached hydrogens (tertiary/aromatic N) is 1. The third kappa shape index (κ3) is 2.56. The Hall–Kier alpha value is -1.02. The minimum absolute atomic E-state index is 0.710. The maximum atomic E-state index is 3.37. The highest BCUT2D eigenvalue weighted by Crippen LogP contribution is 2.22. The molecule has 1 saturated heterocycles. The van der Waals surface area contributed by atoms with Crippen LogP contribution in [-0.4, -0.2) is 26.2 Å². The Kier molecular flexibility index (Phi) is 3.49. The maximum absolute atomic E-state index is 3.37. The van der Waals surface area contributed by atoms with Crippen molar-refractivity contribution >= 4 is 5.69 Å². The molecule has 0 saturated carbocycles. The molecule has 1 fully saturated rings. The first kappa shape index (κ1) is 11.5. The molecule has 2 rings (SSSR count). The summed E-state index contributed by atoms with van der Waals surface area (Å²) in [5.74, 6) is 0. The first-order valence-corrected chi connectivity index (χ1v) is 6.19. The van der Waals surface area contributed by atoms with Crippen LogP contribution in [0.5, 0.6) is 0 Å². The predicted molar refractivity (Wildman–Crippen MR) is 70.2 cm³/mol. The highest BCUT2D eigenvalue weighted by molar-refractivity contribution is 5.51. The van der Waals surface area contributed by atoms with E-state index in [0.29, 0.717) is 6.04 Å². The molecule has 1 aromatic carbocycles. The molecule has 1 aliphatic heterocycles. The van der Waals surface area contributed by atoms with Crippen molar-refractivity contribution in [1.82, 2.24) is 5.32 Å². The number of hydrogen-bond acceptors (Lipinski definition) is 2. The minimum atomic E-state index is 0.710. The third-order valence-electron chi connectivity index (χ3n) is 3.47. The van der Waals surface area contributed by atoms with Crippen LogP contribution >= 0.6 is 0 Å². The van der Waals surface area contributed by atoms with E-state index in [1.165, 1.54) is 42.7 Å². The second-order valence-corrected chi connectivity index (χ2v) is 4.90. The summed E-state index contributed by atoms with van der Waals surface area (Å²) in [7, 11) is 2.07. The smallest absolute Gasteiger partial charge is 0.0371 e. The molecular formula is C14H22N2. The maximum Gasteiger partial charge on any atom is 0.0371 e. The van der Waals surface area contributed by atoms with Crippen molar-refractivity contribution in [3.63, 3.8) is 0 Å². The van der Waals surface area contributed by atoms with Crippen LogP contribution in [0.1, 0.15) is 24.0 Å². The van der Waals surface area contributed by atoms with Gasteiger partial charge in [-0.3, -0.25) is 0 Å². The number of hydrogen-bond donors (Lipinski definition) is 1. The zero-order chi connectivity index (χ0) is 11.5. The van der Waals surface area contributed by atoms with Crippen molar-refractivity contribution in [3.8, 4) is 0 Å². The van der Waals surface area contributed by atoms with Gasteiger partial charge in [0.15, 0.2) is 0 Å². The molecule has 1 N–H and O–H groups in total. The Balaban J connectivity index is 2.08. The molecule has 2 nitrogen and oxygen atoms in total. The average Bonchev–Trinajstić information content (AvgIpc) is 2.28. The minimum Gasteiger partial charge on any atom is -0.371 e. The average molecular weight is 218 g/mol. The normalized spacial score (nSPS) is 17.8. The molecule has 0 bridgehead atoms. The van der Waals surface area contributed by atoms with Gasteiger partial charge in [-0.15, -0.1) is 0 Å². The van der Waals surface area contributed by atoms with E-state index >= 15 is 0 Å². The molecule has 1 heterocycles. The van der Waals surface area contributed by atoms with Crippen LogP contribution in [0.2, 0.25) is 0 Å². The lowest BCUT2D eigenvalue weighted by Gasteiger charge is -2.33. The van der Waals surface area contributed by atoms with Gasteiger partial charge in [0.1, 0.15) is 0 Å². The van der Waals surface area contributed by atoms with Gasteiger partial charge >= 0.3 is 0 Å². The first-order chi connectivity index (χ1) is 7.69.